The predicted molar refractivity (Wildman–Crippen MR) is 71.2 cm³/mol. The number of aryl methyl sites for hydroxylation is 1. The Morgan fingerprint density at radius 3 is 2.68 bits per heavy atom. The molecule has 102 valence electrons. The Balaban J connectivity index is 2.21. The zero-order chi connectivity index (χ0) is 13.8. The Morgan fingerprint density at radius 1 is 1.32 bits per heavy atom. The second-order valence-corrected chi connectivity index (χ2v) is 4.32. The maximum Gasteiger partial charge on any atom is 0.177 e. The molecule has 0 spiro atoms. The molecule has 1 heterocycles. The fraction of sp³-hybridized carbons (Fsp3) is 0.357. The lowest BCUT2D eigenvalue weighted by Crippen LogP contribution is -2.04. The summed E-state index contributed by atoms with van der Waals surface area (Å²) in [6, 6.07) is 7.48. The molecule has 0 bridgehead atoms. The standard InChI is InChI=1S/C14H18N2O3/c1-9-6-13(19-16-9)10(2)18-14-7-11(8-15)4-5-12(14)17-3/h4-7,10H,8,15H2,1-3H3. The van der Waals surface area contributed by atoms with Crippen LogP contribution >= 0.6 is 0 Å². The number of nitrogens with two attached hydrogens (primary N) is 1. The SMILES string of the molecule is COc1ccc(CN)cc1OC(C)c1cc(C)no1. The first-order chi connectivity index (χ1) is 9.13. The zero-order valence-electron chi connectivity index (χ0n) is 11.3. The van der Waals surface area contributed by atoms with E-state index in [9.17, 15) is 0 Å². The van der Waals surface area contributed by atoms with Crippen LogP contribution in [0.15, 0.2) is 28.8 Å². The summed E-state index contributed by atoms with van der Waals surface area (Å²) in [5.74, 6) is 1.99. The Bertz CT molecular complexity index is 551. The minimum absolute atomic E-state index is 0.247. The topological polar surface area (TPSA) is 70.5 Å². The molecule has 2 aromatic rings. The normalized spacial score (nSPS) is 12.2. The summed E-state index contributed by atoms with van der Waals surface area (Å²) in [4.78, 5) is 0. The smallest absolute Gasteiger partial charge is 0.177 e. The molecule has 1 aromatic carbocycles. The molecule has 19 heavy (non-hydrogen) atoms. The van der Waals surface area contributed by atoms with Gasteiger partial charge in [0, 0.05) is 12.6 Å². The monoisotopic (exact) mass is 262 g/mol. The van der Waals surface area contributed by atoms with Crippen LogP contribution in [0.4, 0.5) is 0 Å². The van der Waals surface area contributed by atoms with E-state index in [-0.39, 0.29) is 6.10 Å². The summed E-state index contributed by atoms with van der Waals surface area (Å²) in [6.07, 6.45) is -0.247. The van der Waals surface area contributed by atoms with Crippen LogP contribution in [0.1, 0.15) is 30.0 Å². The molecule has 5 nitrogen and oxygen atoms in total. The van der Waals surface area contributed by atoms with Crippen LogP contribution in [0.2, 0.25) is 0 Å². The van der Waals surface area contributed by atoms with Crippen molar-refractivity contribution in [3.8, 4) is 11.5 Å². The summed E-state index contributed by atoms with van der Waals surface area (Å²) in [5.41, 5.74) is 7.44. The molecule has 0 aliphatic heterocycles. The quantitative estimate of drug-likeness (QED) is 0.896. The fourth-order valence-corrected chi connectivity index (χ4v) is 1.76. The van der Waals surface area contributed by atoms with Gasteiger partial charge in [-0.1, -0.05) is 11.2 Å². The third kappa shape index (κ3) is 3.06. The number of hydrogen-bond donors (Lipinski definition) is 1. The third-order valence-corrected chi connectivity index (χ3v) is 2.81. The Labute approximate surface area is 112 Å². The lowest BCUT2D eigenvalue weighted by Gasteiger charge is -2.15. The van der Waals surface area contributed by atoms with Crippen LogP contribution < -0.4 is 15.2 Å². The fourth-order valence-electron chi connectivity index (χ4n) is 1.76. The minimum Gasteiger partial charge on any atom is -0.493 e. The first-order valence-electron chi connectivity index (χ1n) is 6.11. The Kier molecular flexibility index (Phi) is 4.06. The minimum atomic E-state index is -0.247. The number of nitrogens with zero attached hydrogens (tertiary/aromatic N) is 1. The van der Waals surface area contributed by atoms with Crippen LogP contribution in [-0.4, -0.2) is 12.3 Å². The molecule has 0 saturated heterocycles. The molecular formula is C14H18N2O3. The van der Waals surface area contributed by atoms with E-state index in [4.69, 9.17) is 19.7 Å². The van der Waals surface area contributed by atoms with Gasteiger partial charge in [-0.25, -0.2) is 0 Å². The molecule has 1 unspecified atom stereocenters. The molecule has 0 saturated carbocycles. The molecule has 1 atom stereocenters. The van der Waals surface area contributed by atoms with Gasteiger partial charge < -0.3 is 19.7 Å². The highest BCUT2D eigenvalue weighted by Crippen LogP contribution is 2.32. The largest absolute Gasteiger partial charge is 0.493 e. The second-order valence-electron chi connectivity index (χ2n) is 4.32. The van der Waals surface area contributed by atoms with Crippen LogP contribution in [0.3, 0.4) is 0 Å². The summed E-state index contributed by atoms with van der Waals surface area (Å²) in [7, 11) is 1.60. The van der Waals surface area contributed by atoms with E-state index >= 15 is 0 Å². The van der Waals surface area contributed by atoms with Crippen molar-refractivity contribution in [2.75, 3.05) is 7.11 Å². The highest BCUT2D eigenvalue weighted by molar-refractivity contribution is 5.43. The number of methoxy groups -OCH3 is 1. The molecule has 0 radical (unpaired) electrons. The predicted octanol–water partition coefficient (Wildman–Crippen LogP) is 2.59. The maximum absolute atomic E-state index is 5.86. The van der Waals surface area contributed by atoms with Gasteiger partial charge in [-0.15, -0.1) is 0 Å². The summed E-state index contributed by atoms with van der Waals surface area (Å²) in [5, 5.41) is 3.85. The van der Waals surface area contributed by atoms with Crippen molar-refractivity contribution in [3.05, 3.63) is 41.3 Å². The van der Waals surface area contributed by atoms with Gasteiger partial charge in [0.15, 0.2) is 23.4 Å². The van der Waals surface area contributed by atoms with Crippen molar-refractivity contribution in [2.24, 2.45) is 5.73 Å². The zero-order valence-corrected chi connectivity index (χ0v) is 11.3. The van der Waals surface area contributed by atoms with Crippen LogP contribution in [0.25, 0.3) is 0 Å². The molecule has 0 fully saturated rings. The van der Waals surface area contributed by atoms with Crippen LogP contribution in [0.5, 0.6) is 11.5 Å². The van der Waals surface area contributed by atoms with Gasteiger partial charge in [-0.05, 0) is 31.5 Å². The van der Waals surface area contributed by atoms with E-state index in [0.29, 0.717) is 23.8 Å². The summed E-state index contributed by atoms with van der Waals surface area (Å²) in [6.45, 7) is 4.22. The highest BCUT2D eigenvalue weighted by atomic mass is 16.5. The number of ether oxygens (including phenoxy) is 2. The Morgan fingerprint density at radius 2 is 2.11 bits per heavy atom. The van der Waals surface area contributed by atoms with Crippen molar-refractivity contribution in [3.63, 3.8) is 0 Å². The van der Waals surface area contributed by atoms with Crippen molar-refractivity contribution in [1.82, 2.24) is 5.16 Å². The van der Waals surface area contributed by atoms with Gasteiger partial charge in [0.25, 0.3) is 0 Å². The second kappa shape index (κ2) is 5.75. The van der Waals surface area contributed by atoms with Gasteiger partial charge in [0.05, 0.1) is 12.8 Å². The molecule has 0 amide bonds. The number of aromatic nitrogens is 1. The van der Waals surface area contributed by atoms with E-state index < -0.39 is 0 Å². The summed E-state index contributed by atoms with van der Waals surface area (Å²) >= 11 is 0. The van der Waals surface area contributed by atoms with Crippen molar-refractivity contribution in [1.29, 1.82) is 0 Å². The lowest BCUT2D eigenvalue weighted by atomic mass is 10.2. The van der Waals surface area contributed by atoms with Gasteiger partial charge in [0.2, 0.25) is 0 Å². The third-order valence-electron chi connectivity index (χ3n) is 2.81. The van der Waals surface area contributed by atoms with Gasteiger partial charge in [-0.2, -0.15) is 0 Å². The molecule has 0 aliphatic rings. The van der Waals surface area contributed by atoms with Gasteiger partial charge in [0.1, 0.15) is 0 Å². The number of benzene rings is 1. The number of hydrogen-bond acceptors (Lipinski definition) is 5. The van der Waals surface area contributed by atoms with Crippen LogP contribution in [-0.2, 0) is 6.54 Å². The molecule has 2 N–H and O–H groups in total. The number of rotatable bonds is 5. The van der Waals surface area contributed by atoms with Gasteiger partial charge in [-0.3, -0.25) is 0 Å². The average molecular weight is 262 g/mol. The highest BCUT2D eigenvalue weighted by Gasteiger charge is 2.15. The molecule has 0 aliphatic carbocycles. The van der Waals surface area contributed by atoms with E-state index in [1.54, 1.807) is 7.11 Å². The Hall–Kier alpha value is -2.01. The molecular weight excluding hydrogens is 244 g/mol. The first kappa shape index (κ1) is 13.4. The van der Waals surface area contributed by atoms with E-state index in [2.05, 4.69) is 5.16 Å². The van der Waals surface area contributed by atoms with Crippen LogP contribution in [0, 0.1) is 6.92 Å². The van der Waals surface area contributed by atoms with Crippen molar-refractivity contribution >= 4 is 0 Å². The molecule has 2 rings (SSSR count). The first-order valence-corrected chi connectivity index (χ1v) is 6.11. The maximum atomic E-state index is 5.86. The van der Waals surface area contributed by atoms with E-state index in [1.165, 1.54) is 0 Å². The lowest BCUT2D eigenvalue weighted by molar-refractivity contribution is 0.175. The van der Waals surface area contributed by atoms with Crippen molar-refractivity contribution in [2.45, 2.75) is 26.5 Å². The van der Waals surface area contributed by atoms with E-state index in [1.807, 2.05) is 38.1 Å². The van der Waals surface area contributed by atoms with Crippen molar-refractivity contribution < 1.29 is 14.0 Å². The summed E-state index contributed by atoms with van der Waals surface area (Å²) < 4.78 is 16.3. The van der Waals surface area contributed by atoms with Gasteiger partial charge >= 0.3 is 0 Å². The molecule has 5 heteroatoms. The molecule has 1 aromatic heterocycles. The van der Waals surface area contributed by atoms with E-state index in [0.717, 1.165) is 11.3 Å². The average Bonchev–Trinajstić information content (AvgIpc) is 2.85.